The summed E-state index contributed by atoms with van der Waals surface area (Å²) in [4.78, 5) is 2.23. The van der Waals surface area contributed by atoms with E-state index in [1.807, 2.05) is 20.8 Å². The van der Waals surface area contributed by atoms with Crippen molar-refractivity contribution in [3.63, 3.8) is 0 Å². The van der Waals surface area contributed by atoms with Gasteiger partial charge in [0.1, 0.15) is 5.78 Å². The van der Waals surface area contributed by atoms with E-state index in [0.717, 1.165) is 13.1 Å². The number of piperidine rings is 1. The summed E-state index contributed by atoms with van der Waals surface area (Å²) in [5.41, 5.74) is 0. The molecule has 1 aliphatic heterocycles. The van der Waals surface area contributed by atoms with Crippen LogP contribution >= 0.6 is 7.60 Å². The molecule has 4 nitrogen and oxygen atoms in total. The topological polar surface area (TPSA) is 38.8 Å². The second kappa shape index (κ2) is 6.75. The summed E-state index contributed by atoms with van der Waals surface area (Å²) < 4.78 is 23.3. The molecule has 0 unspecified atom stereocenters. The minimum atomic E-state index is -2.95. The summed E-state index contributed by atoms with van der Waals surface area (Å²) in [6.07, 6.45) is 3.64. The van der Waals surface area contributed by atoms with Crippen LogP contribution in [-0.4, -0.2) is 37.0 Å². The monoisotopic (exact) mass is 249 g/mol. The van der Waals surface area contributed by atoms with Gasteiger partial charge in [-0.3, -0.25) is 9.46 Å². The molecule has 0 spiro atoms. The van der Waals surface area contributed by atoms with Crippen molar-refractivity contribution in [2.75, 3.05) is 26.3 Å². The van der Waals surface area contributed by atoms with Crippen molar-refractivity contribution in [1.29, 1.82) is 0 Å². The third-order valence-electron chi connectivity index (χ3n) is 2.99. The van der Waals surface area contributed by atoms with Gasteiger partial charge in [-0.05, 0) is 46.7 Å². The lowest BCUT2D eigenvalue weighted by molar-refractivity contribution is 0.153. The molecule has 16 heavy (non-hydrogen) atoms. The third-order valence-corrected chi connectivity index (χ3v) is 5.47. The number of hydrogen-bond acceptors (Lipinski definition) is 4. The Balaban J connectivity index is 2.64. The molecular weight excluding hydrogens is 225 g/mol. The van der Waals surface area contributed by atoms with E-state index in [1.54, 1.807) is 0 Å². The van der Waals surface area contributed by atoms with Crippen LogP contribution in [0.3, 0.4) is 0 Å². The Hall–Kier alpha value is 0.110. The minimum Gasteiger partial charge on any atom is -0.308 e. The lowest BCUT2D eigenvalue weighted by Crippen LogP contribution is -2.38. The van der Waals surface area contributed by atoms with Crippen molar-refractivity contribution in [3.8, 4) is 0 Å². The number of hydrogen-bond donors (Lipinski definition) is 0. The zero-order chi connectivity index (χ0) is 12.0. The van der Waals surface area contributed by atoms with E-state index in [1.165, 1.54) is 19.3 Å². The maximum absolute atomic E-state index is 12.5. The fraction of sp³-hybridized carbons (Fsp3) is 1.00. The van der Waals surface area contributed by atoms with Crippen molar-refractivity contribution in [2.45, 2.75) is 45.8 Å². The molecular formula is C11H24NO3P. The van der Waals surface area contributed by atoms with Gasteiger partial charge in [-0.2, -0.15) is 0 Å². The van der Waals surface area contributed by atoms with Crippen molar-refractivity contribution in [1.82, 2.24) is 4.90 Å². The SMILES string of the molecule is CCOP(=O)(OCC)[C@@H](C)N1CCCCC1. The first-order valence-corrected chi connectivity index (χ1v) is 7.88. The van der Waals surface area contributed by atoms with Gasteiger partial charge in [0.25, 0.3) is 0 Å². The Morgan fingerprint density at radius 1 is 1.12 bits per heavy atom. The van der Waals surface area contributed by atoms with E-state index in [0.29, 0.717) is 13.2 Å². The van der Waals surface area contributed by atoms with Gasteiger partial charge >= 0.3 is 7.60 Å². The minimum absolute atomic E-state index is 0.118. The molecule has 1 saturated heterocycles. The standard InChI is InChI=1S/C11H24NO3P/c1-4-14-16(13,15-5-2)11(3)12-9-7-6-8-10-12/h11H,4-10H2,1-3H3/t11-/m0/s1. The molecule has 0 saturated carbocycles. The molecule has 96 valence electrons. The normalized spacial score (nSPS) is 20.9. The van der Waals surface area contributed by atoms with E-state index in [2.05, 4.69) is 4.90 Å². The quantitative estimate of drug-likeness (QED) is 0.678. The zero-order valence-electron chi connectivity index (χ0n) is 10.6. The van der Waals surface area contributed by atoms with Crippen LogP contribution in [0.1, 0.15) is 40.0 Å². The molecule has 0 radical (unpaired) electrons. The predicted molar refractivity (Wildman–Crippen MR) is 65.7 cm³/mol. The Bertz CT molecular complexity index is 231. The van der Waals surface area contributed by atoms with Crippen LogP contribution in [0.4, 0.5) is 0 Å². The Kier molecular flexibility index (Phi) is 5.98. The lowest BCUT2D eigenvalue weighted by Gasteiger charge is -2.35. The van der Waals surface area contributed by atoms with Crippen molar-refractivity contribution < 1.29 is 13.6 Å². The van der Waals surface area contributed by atoms with Gasteiger partial charge in [0, 0.05) is 0 Å². The Labute approximate surface area is 98.8 Å². The molecule has 0 aliphatic carbocycles. The summed E-state index contributed by atoms with van der Waals surface area (Å²) in [6.45, 7) is 8.56. The van der Waals surface area contributed by atoms with Gasteiger partial charge < -0.3 is 9.05 Å². The fourth-order valence-electron chi connectivity index (χ4n) is 2.10. The molecule has 0 amide bonds. The second-order valence-corrected chi connectivity index (χ2v) is 6.45. The fourth-order valence-corrected chi connectivity index (χ4v) is 3.96. The van der Waals surface area contributed by atoms with Gasteiger partial charge in [0.2, 0.25) is 0 Å². The first kappa shape index (κ1) is 14.2. The molecule has 1 rings (SSSR count). The molecule has 1 aliphatic rings. The molecule has 1 atom stereocenters. The van der Waals surface area contributed by atoms with Gasteiger partial charge in [-0.25, -0.2) is 0 Å². The molecule has 0 aromatic carbocycles. The zero-order valence-corrected chi connectivity index (χ0v) is 11.5. The highest BCUT2D eigenvalue weighted by Gasteiger charge is 2.36. The van der Waals surface area contributed by atoms with Crippen molar-refractivity contribution in [3.05, 3.63) is 0 Å². The highest BCUT2D eigenvalue weighted by Crippen LogP contribution is 2.54. The van der Waals surface area contributed by atoms with Crippen LogP contribution in [-0.2, 0) is 13.6 Å². The molecule has 0 aromatic heterocycles. The molecule has 0 N–H and O–H groups in total. The Morgan fingerprint density at radius 2 is 1.62 bits per heavy atom. The van der Waals surface area contributed by atoms with Crippen LogP contribution in [0, 0.1) is 0 Å². The highest BCUT2D eigenvalue weighted by atomic mass is 31.2. The van der Waals surface area contributed by atoms with E-state index < -0.39 is 7.60 Å². The van der Waals surface area contributed by atoms with E-state index in [-0.39, 0.29) is 5.78 Å². The first-order valence-electron chi connectivity index (χ1n) is 6.27. The van der Waals surface area contributed by atoms with Crippen LogP contribution in [0.15, 0.2) is 0 Å². The van der Waals surface area contributed by atoms with Crippen molar-refractivity contribution >= 4 is 7.60 Å². The number of likely N-dealkylation sites (tertiary alicyclic amines) is 1. The van der Waals surface area contributed by atoms with E-state index >= 15 is 0 Å². The lowest BCUT2D eigenvalue weighted by atomic mass is 10.1. The average molecular weight is 249 g/mol. The molecule has 0 aromatic rings. The van der Waals surface area contributed by atoms with Crippen LogP contribution in [0.2, 0.25) is 0 Å². The molecule has 1 fully saturated rings. The number of rotatable bonds is 6. The summed E-state index contributed by atoms with van der Waals surface area (Å²) >= 11 is 0. The second-order valence-electron chi connectivity index (χ2n) is 4.10. The van der Waals surface area contributed by atoms with E-state index in [9.17, 15) is 4.57 Å². The smallest absolute Gasteiger partial charge is 0.308 e. The maximum atomic E-state index is 12.5. The van der Waals surface area contributed by atoms with Gasteiger partial charge in [0.15, 0.2) is 0 Å². The summed E-state index contributed by atoms with van der Waals surface area (Å²) in [7, 11) is -2.95. The maximum Gasteiger partial charge on any atom is 0.347 e. The third kappa shape index (κ3) is 3.56. The van der Waals surface area contributed by atoms with Crippen LogP contribution in [0.25, 0.3) is 0 Å². The largest absolute Gasteiger partial charge is 0.347 e. The average Bonchev–Trinajstić information content (AvgIpc) is 2.30. The van der Waals surface area contributed by atoms with Crippen molar-refractivity contribution in [2.24, 2.45) is 0 Å². The Morgan fingerprint density at radius 3 is 2.06 bits per heavy atom. The summed E-state index contributed by atoms with van der Waals surface area (Å²) in [5, 5.41) is 0. The van der Waals surface area contributed by atoms with Crippen LogP contribution < -0.4 is 0 Å². The van der Waals surface area contributed by atoms with Crippen LogP contribution in [0.5, 0.6) is 0 Å². The summed E-state index contributed by atoms with van der Waals surface area (Å²) in [5.74, 6) is -0.118. The molecule has 0 bridgehead atoms. The highest BCUT2D eigenvalue weighted by molar-refractivity contribution is 7.54. The van der Waals surface area contributed by atoms with E-state index in [4.69, 9.17) is 9.05 Å². The van der Waals surface area contributed by atoms with Gasteiger partial charge in [0.05, 0.1) is 13.2 Å². The number of nitrogens with zero attached hydrogens (tertiary/aromatic N) is 1. The summed E-state index contributed by atoms with van der Waals surface area (Å²) in [6, 6.07) is 0. The predicted octanol–water partition coefficient (Wildman–Crippen LogP) is 3.08. The molecule has 1 heterocycles. The van der Waals surface area contributed by atoms with Gasteiger partial charge in [-0.1, -0.05) is 6.42 Å². The molecule has 5 heteroatoms. The first-order chi connectivity index (χ1) is 7.64. The van der Waals surface area contributed by atoms with Gasteiger partial charge in [-0.15, -0.1) is 0 Å².